The van der Waals surface area contributed by atoms with E-state index >= 15 is 0 Å². The maximum Gasteiger partial charge on any atom is 0.240 e. The lowest BCUT2D eigenvalue weighted by molar-refractivity contribution is -0.266. The van der Waals surface area contributed by atoms with Crippen molar-refractivity contribution in [3.63, 3.8) is 0 Å². The number of amides is 2. The molecule has 0 aliphatic carbocycles. The van der Waals surface area contributed by atoms with Crippen molar-refractivity contribution in [1.29, 1.82) is 5.26 Å². The van der Waals surface area contributed by atoms with Gasteiger partial charge in [0.25, 0.3) is 0 Å². The highest BCUT2D eigenvalue weighted by Crippen LogP contribution is 2.64. The van der Waals surface area contributed by atoms with Crippen LogP contribution in [0.3, 0.4) is 0 Å². The molecular formula is C17H14FIN2O5. The largest absolute Gasteiger partial charge is 0.361 e. The van der Waals surface area contributed by atoms with Gasteiger partial charge in [-0.3, -0.25) is 9.59 Å². The molecule has 3 aliphatic rings. The number of alkyl halides is 1. The number of halogens is 2. The first kappa shape index (κ1) is 17.8. The smallest absolute Gasteiger partial charge is 0.240 e. The summed E-state index contributed by atoms with van der Waals surface area (Å²) < 4.78 is 20.8. The zero-order valence-corrected chi connectivity index (χ0v) is 15.9. The molecule has 2 bridgehead atoms. The van der Waals surface area contributed by atoms with E-state index in [4.69, 9.17) is 10.00 Å². The van der Waals surface area contributed by atoms with Crippen molar-refractivity contribution in [3.8, 4) is 6.07 Å². The maximum absolute atomic E-state index is 14.7. The molecule has 0 aromatic heterocycles. The fraction of sp³-hybridized carbons (Fsp3) is 0.471. The quantitative estimate of drug-likeness (QED) is 0.356. The normalized spacial score (nSPS) is 40.0. The SMILES string of the molecule is CC12OC(C)(C3C(=O)N(c4ccc(C#N)c(I)c4)C(=O)C31)C(O)(O)C2F. The van der Waals surface area contributed by atoms with Crippen LogP contribution in [0.4, 0.5) is 10.1 Å². The fourth-order valence-electron chi connectivity index (χ4n) is 4.54. The summed E-state index contributed by atoms with van der Waals surface area (Å²) in [6.07, 6.45) is -2.24. The molecule has 1 aromatic carbocycles. The van der Waals surface area contributed by atoms with E-state index in [9.17, 15) is 24.2 Å². The third-order valence-corrected chi connectivity index (χ3v) is 6.76. The standard InChI is InChI=1S/C17H14FIN2O5/c1-15-10-11(16(2,26-15)17(24,25)14(15)18)13(23)21(12(10)22)8-4-3-7(6-20)9(19)5-8/h3-5,10-11,14,24-25H,1-2H3. The summed E-state index contributed by atoms with van der Waals surface area (Å²) >= 11 is 1.92. The number of hydrogen-bond donors (Lipinski definition) is 2. The van der Waals surface area contributed by atoms with E-state index < -0.39 is 46.8 Å². The van der Waals surface area contributed by atoms with Crippen LogP contribution < -0.4 is 4.90 Å². The first-order chi connectivity index (χ1) is 12.0. The van der Waals surface area contributed by atoms with Gasteiger partial charge in [0.1, 0.15) is 17.3 Å². The van der Waals surface area contributed by atoms with E-state index in [1.165, 1.54) is 32.0 Å². The van der Waals surface area contributed by atoms with Crippen LogP contribution in [0.2, 0.25) is 0 Å². The third kappa shape index (κ3) is 1.76. The molecule has 3 saturated heterocycles. The van der Waals surface area contributed by atoms with E-state index in [2.05, 4.69) is 0 Å². The van der Waals surface area contributed by atoms with Crippen LogP contribution in [0.25, 0.3) is 0 Å². The predicted molar refractivity (Wildman–Crippen MR) is 93.3 cm³/mol. The Labute approximate surface area is 161 Å². The Bertz CT molecular complexity index is 915. The Morgan fingerprint density at radius 1 is 1.27 bits per heavy atom. The Hall–Kier alpha value is -1.61. The molecule has 3 fully saturated rings. The van der Waals surface area contributed by atoms with Crippen LogP contribution in [0, 0.1) is 26.7 Å². The minimum Gasteiger partial charge on any atom is -0.361 e. The molecule has 3 aliphatic heterocycles. The zero-order valence-electron chi connectivity index (χ0n) is 13.7. The maximum atomic E-state index is 14.7. The molecule has 3 heterocycles. The highest BCUT2D eigenvalue weighted by Gasteiger charge is 2.85. The number of ether oxygens (including phenoxy) is 1. The zero-order chi connectivity index (χ0) is 19.2. The monoisotopic (exact) mass is 472 g/mol. The van der Waals surface area contributed by atoms with E-state index in [1.54, 1.807) is 0 Å². The third-order valence-electron chi connectivity index (χ3n) is 5.87. The Morgan fingerprint density at radius 2 is 1.88 bits per heavy atom. The molecule has 26 heavy (non-hydrogen) atoms. The van der Waals surface area contributed by atoms with Crippen LogP contribution in [-0.2, 0) is 14.3 Å². The minimum absolute atomic E-state index is 0.251. The van der Waals surface area contributed by atoms with Gasteiger partial charge in [-0.2, -0.15) is 5.26 Å². The van der Waals surface area contributed by atoms with E-state index in [1.807, 2.05) is 28.7 Å². The van der Waals surface area contributed by atoms with Crippen molar-refractivity contribution < 1.29 is 28.9 Å². The summed E-state index contributed by atoms with van der Waals surface area (Å²) in [5.41, 5.74) is -3.11. The molecule has 9 heteroatoms. The molecule has 0 spiro atoms. The molecular weight excluding hydrogens is 458 g/mol. The molecule has 5 unspecified atom stereocenters. The fourth-order valence-corrected chi connectivity index (χ4v) is 5.16. The van der Waals surface area contributed by atoms with Crippen LogP contribution in [-0.4, -0.2) is 45.2 Å². The van der Waals surface area contributed by atoms with Crippen molar-refractivity contribution in [2.45, 2.75) is 37.0 Å². The van der Waals surface area contributed by atoms with Crippen LogP contribution in [0.1, 0.15) is 19.4 Å². The number of anilines is 1. The van der Waals surface area contributed by atoms with E-state index in [-0.39, 0.29) is 5.69 Å². The van der Waals surface area contributed by atoms with Gasteiger partial charge in [-0.25, -0.2) is 9.29 Å². The number of carbonyl (C=O) groups excluding carboxylic acids is 2. The van der Waals surface area contributed by atoms with Crippen LogP contribution in [0.15, 0.2) is 18.2 Å². The number of nitriles is 1. The molecule has 4 rings (SSSR count). The first-order valence-corrected chi connectivity index (χ1v) is 8.95. The lowest BCUT2D eigenvalue weighted by Crippen LogP contribution is -2.64. The second-order valence-electron chi connectivity index (χ2n) is 7.22. The van der Waals surface area contributed by atoms with Crippen molar-refractivity contribution in [2.24, 2.45) is 11.8 Å². The lowest BCUT2D eigenvalue weighted by Gasteiger charge is -2.40. The Balaban J connectivity index is 1.83. The van der Waals surface area contributed by atoms with Gasteiger partial charge in [-0.05, 0) is 54.6 Å². The van der Waals surface area contributed by atoms with Crippen molar-refractivity contribution >= 4 is 40.1 Å². The molecule has 2 N–H and O–H groups in total. The Kier molecular flexibility index (Phi) is 3.43. The number of carbonyl (C=O) groups is 2. The lowest BCUT2D eigenvalue weighted by atomic mass is 9.65. The van der Waals surface area contributed by atoms with Gasteiger partial charge < -0.3 is 14.9 Å². The number of fused-ring (bicyclic) bond motifs is 5. The van der Waals surface area contributed by atoms with E-state index in [0.717, 1.165) is 4.90 Å². The number of benzene rings is 1. The average molecular weight is 472 g/mol. The van der Waals surface area contributed by atoms with Gasteiger partial charge in [0, 0.05) is 3.57 Å². The highest BCUT2D eigenvalue weighted by atomic mass is 127. The number of aliphatic hydroxyl groups is 2. The molecule has 2 amide bonds. The number of nitrogens with zero attached hydrogens (tertiary/aromatic N) is 2. The second kappa shape index (κ2) is 5.01. The van der Waals surface area contributed by atoms with Crippen LogP contribution in [0.5, 0.6) is 0 Å². The summed E-state index contributed by atoms with van der Waals surface area (Å²) in [6.45, 7) is 2.53. The summed E-state index contributed by atoms with van der Waals surface area (Å²) in [4.78, 5) is 26.9. The Morgan fingerprint density at radius 3 is 2.46 bits per heavy atom. The van der Waals surface area contributed by atoms with Gasteiger partial charge in [0.15, 0.2) is 6.17 Å². The van der Waals surface area contributed by atoms with Crippen molar-refractivity contribution in [1.82, 2.24) is 0 Å². The molecule has 0 radical (unpaired) electrons. The van der Waals surface area contributed by atoms with Crippen molar-refractivity contribution in [3.05, 3.63) is 27.3 Å². The van der Waals surface area contributed by atoms with Gasteiger partial charge in [0.2, 0.25) is 17.6 Å². The molecule has 136 valence electrons. The summed E-state index contributed by atoms with van der Waals surface area (Å²) in [5, 5.41) is 29.5. The van der Waals surface area contributed by atoms with Gasteiger partial charge in [-0.1, -0.05) is 0 Å². The van der Waals surface area contributed by atoms with Crippen LogP contribution >= 0.6 is 22.6 Å². The summed E-state index contributed by atoms with van der Waals surface area (Å²) in [5.74, 6) is -6.57. The number of rotatable bonds is 1. The summed E-state index contributed by atoms with van der Waals surface area (Å²) in [6, 6.07) is 6.46. The molecule has 5 atom stereocenters. The highest BCUT2D eigenvalue weighted by molar-refractivity contribution is 14.1. The first-order valence-electron chi connectivity index (χ1n) is 7.87. The topological polar surface area (TPSA) is 111 Å². The second-order valence-corrected chi connectivity index (χ2v) is 8.39. The minimum atomic E-state index is -2.88. The molecule has 0 saturated carbocycles. The van der Waals surface area contributed by atoms with Gasteiger partial charge in [0.05, 0.1) is 23.1 Å². The molecule has 7 nitrogen and oxygen atoms in total. The van der Waals surface area contributed by atoms with E-state index in [0.29, 0.717) is 9.13 Å². The number of imide groups is 1. The number of hydrogen-bond acceptors (Lipinski definition) is 6. The van der Waals surface area contributed by atoms with Gasteiger partial charge >= 0.3 is 0 Å². The van der Waals surface area contributed by atoms with Gasteiger partial charge in [-0.15, -0.1) is 0 Å². The predicted octanol–water partition coefficient (Wildman–Crippen LogP) is 0.849. The molecule has 1 aromatic rings. The van der Waals surface area contributed by atoms with Crippen molar-refractivity contribution in [2.75, 3.05) is 4.90 Å². The average Bonchev–Trinajstić information content (AvgIpc) is 3.04. The summed E-state index contributed by atoms with van der Waals surface area (Å²) in [7, 11) is 0.